The molecule has 0 aromatic carbocycles. The van der Waals surface area contributed by atoms with E-state index in [4.69, 9.17) is 15.6 Å². The number of nitrogens with zero attached hydrogens (tertiary/aromatic N) is 8. The summed E-state index contributed by atoms with van der Waals surface area (Å²) in [4.78, 5) is 28.8. The Hall–Kier alpha value is -4.55. The summed E-state index contributed by atoms with van der Waals surface area (Å²) in [6, 6.07) is 23.2. The second-order valence-electron chi connectivity index (χ2n) is 9.08. The van der Waals surface area contributed by atoms with Crippen LogP contribution in [0.1, 0.15) is 12.6 Å². The summed E-state index contributed by atoms with van der Waals surface area (Å²) < 4.78 is 7.14. The average Bonchev–Trinajstić information content (AvgIpc) is 3.67. The molecule has 6 aromatic rings. The van der Waals surface area contributed by atoms with Gasteiger partial charge in [-0.3, -0.25) is 24.5 Å². The van der Waals surface area contributed by atoms with E-state index in [0.717, 1.165) is 22.8 Å². The predicted octanol–water partition coefficient (Wildman–Crippen LogP) is 3.33. The topological polar surface area (TPSA) is 171 Å². The number of hydrogen-bond donors (Lipinski definition) is 3. The number of aliphatic hydroxyl groups is 2. The third kappa shape index (κ3) is 8.05. The Morgan fingerprint density at radius 3 is 1.60 bits per heavy atom. The van der Waals surface area contributed by atoms with E-state index in [2.05, 4.69) is 34.9 Å². The van der Waals surface area contributed by atoms with E-state index in [-0.39, 0.29) is 38.0 Å². The Labute approximate surface area is 260 Å². The molecule has 1 fully saturated rings. The zero-order chi connectivity index (χ0) is 29.1. The zero-order valence-corrected chi connectivity index (χ0v) is 24.6. The summed E-state index contributed by atoms with van der Waals surface area (Å²) in [5.74, 6) is 0.282. The first-order chi connectivity index (χ1) is 20.6. The molecule has 0 unspecified atom stereocenters. The molecule has 13 heteroatoms. The Balaban J connectivity index is 0.000000151. The molecular formula is C30H29N9O3Ru+6. The van der Waals surface area contributed by atoms with Gasteiger partial charge in [0.15, 0.2) is 17.7 Å². The molecular weight excluding hydrogens is 635 g/mol. The van der Waals surface area contributed by atoms with E-state index in [1.54, 1.807) is 29.4 Å². The van der Waals surface area contributed by atoms with Crippen molar-refractivity contribution in [3.05, 3.63) is 110 Å². The molecule has 214 valence electrons. The van der Waals surface area contributed by atoms with Gasteiger partial charge in [-0.25, -0.2) is 15.0 Å². The second kappa shape index (κ2) is 15.6. The van der Waals surface area contributed by atoms with Crippen molar-refractivity contribution < 1.29 is 34.4 Å². The Kier molecular flexibility index (Phi) is 11.4. The van der Waals surface area contributed by atoms with Crippen LogP contribution in [0.5, 0.6) is 0 Å². The predicted molar refractivity (Wildman–Crippen MR) is 156 cm³/mol. The van der Waals surface area contributed by atoms with Gasteiger partial charge in [-0.15, -0.1) is 0 Å². The number of anilines is 1. The summed E-state index contributed by atoms with van der Waals surface area (Å²) >= 11 is 0. The van der Waals surface area contributed by atoms with E-state index in [9.17, 15) is 5.11 Å². The number of aromatic nitrogens is 8. The summed E-state index contributed by atoms with van der Waals surface area (Å²) in [5.41, 5.74) is 10.3. The van der Waals surface area contributed by atoms with Crippen molar-refractivity contribution in [1.82, 2.24) is 39.5 Å². The summed E-state index contributed by atoms with van der Waals surface area (Å²) in [5, 5.41) is 19.0. The number of rotatable bonds is 4. The van der Waals surface area contributed by atoms with Crippen LogP contribution in [-0.2, 0) is 24.2 Å². The quantitative estimate of drug-likeness (QED) is 0.236. The maximum Gasteiger partial charge on any atom is 6.00 e. The van der Waals surface area contributed by atoms with Gasteiger partial charge in [0.05, 0.1) is 41.8 Å². The van der Waals surface area contributed by atoms with Gasteiger partial charge in [0.2, 0.25) is 0 Å². The van der Waals surface area contributed by atoms with Gasteiger partial charge < -0.3 is 20.7 Å². The smallest absolute Gasteiger partial charge is 0.394 e. The van der Waals surface area contributed by atoms with E-state index in [1.807, 2.05) is 72.8 Å². The number of pyridine rings is 4. The van der Waals surface area contributed by atoms with Crippen molar-refractivity contribution in [1.29, 1.82) is 0 Å². The SMILES string of the molecule is Nc1ncnc2c1ncn2[C@@H]1O[C@H](CO)C[C@@H]1O.[Ru+6].c1ccc(-c2ccccn2)nc1.c1ccc(-c2ccccn2)nc1. The molecule has 7 rings (SSSR count). The van der Waals surface area contributed by atoms with Crippen molar-refractivity contribution in [2.24, 2.45) is 0 Å². The molecule has 12 nitrogen and oxygen atoms in total. The van der Waals surface area contributed by atoms with Crippen LogP contribution in [0.3, 0.4) is 0 Å². The second-order valence-corrected chi connectivity index (χ2v) is 9.08. The zero-order valence-electron chi connectivity index (χ0n) is 22.8. The first-order valence-corrected chi connectivity index (χ1v) is 13.2. The van der Waals surface area contributed by atoms with E-state index in [0.29, 0.717) is 17.6 Å². The number of ether oxygens (including phenoxy) is 1. The minimum Gasteiger partial charge on any atom is -0.394 e. The molecule has 6 aromatic heterocycles. The van der Waals surface area contributed by atoms with Gasteiger partial charge in [-0.1, -0.05) is 24.3 Å². The Morgan fingerprint density at radius 1 is 0.721 bits per heavy atom. The van der Waals surface area contributed by atoms with Crippen LogP contribution in [0.25, 0.3) is 33.9 Å². The molecule has 0 amide bonds. The molecule has 7 heterocycles. The summed E-state index contributed by atoms with van der Waals surface area (Å²) in [6.07, 6.45) is 8.59. The standard InChI is InChI=1S/C10H13N5O3.2C10H8N2.Ru/c11-8-7-9(13-3-12-8)15(4-14-7)10-6(17)1-5(2-16)18-10;2*1-3-7-11-9(5-1)10-6-2-4-8-12-10;/h3-6,10,16-17H,1-2H2,(H2,11,12,13);2*1-8H;/q;;;+6/t5-,6-,10+;;;/m0.../s1. The molecule has 0 bridgehead atoms. The van der Waals surface area contributed by atoms with Gasteiger partial charge in [0.1, 0.15) is 17.9 Å². The first kappa shape index (κ1) is 31.4. The molecule has 3 atom stereocenters. The normalized spacial score (nSPS) is 17.1. The van der Waals surface area contributed by atoms with Gasteiger partial charge in [-0.2, -0.15) is 0 Å². The molecule has 1 aliphatic heterocycles. The number of nitrogen functional groups attached to an aromatic ring is 1. The van der Waals surface area contributed by atoms with Crippen molar-refractivity contribution in [2.75, 3.05) is 12.3 Å². The van der Waals surface area contributed by atoms with Gasteiger partial charge in [-0.05, 0) is 48.5 Å². The number of nitrogens with two attached hydrogens (primary N) is 1. The van der Waals surface area contributed by atoms with Crippen LogP contribution in [0.2, 0.25) is 0 Å². The fourth-order valence-electron chi connectivity index (χ4n) is 4.21. The molecule has 1 aliphatic rings. The average molecular weight is 665 g/mol. The minimum absolute atomic E-state index is 0. The number of hydrogen-bond acceptors (Lipinski definition) is 11. The van der Waals surface area contributed by atoms with Crippen molar-refractivity contribution in [3.8, 4) is 22.8 Å². The molecule has 1 saturated heterocycles. The van der Waals surface area contributed by atoms with Crippen molar-refractivity contribution >= 4 is 17.0 Å². The minimum atomic E-state index is -0.712. The fourth-order valence-corrected chi connectivity index (χ4v) is 4.21. The van der Waals surface area contributed by atoms with Crippen LogP contribution in [-0.4, -0.2) is 68.5 Å². The third-order valence-electron chi connectivity index (χ3n) is 6.21. The molecule has 4 N–H and O–H groups in total. The van der Waals surface area contributed by atoms with Crippen LogP contribution >= 0.6 is 0 Å². The van der Waals surface area contributed by atoms with Gasteiger partial charge in [0, 0.05) is 31.2 Å². The van der Waals surface area contributed by atoms with Crippen molar-refractivity contribution in [3.63, 3.8) is 0 Å². The largest absolute Gasteiger partial charge is 6.00 e. The number of aliphatic hydroxyl groups excluding tert-OH is 2. The Morgan fingerprint density at radius 2 is 1.21 bits per heavy atom. The fraction of sp³-hybridized carbons (Fsp3) is 0.167. The summed E-state index contributed by atoms with van der Waals surface area (Å²) in [6.45, 7) is -0.128. The third-order valence-corrected chi connectivity index (χ3v) is 6.21. The maximum atomic E-state index is 9.93. The monoisotopic (exact) mass is 665 g/mol. The number of fused-ring (bicyclic) bond motifs is 1. The molecule has 43 heavy (non-hydrogen) atoms. The Bertz CT molecular complexity index is 1510. The molecule has 0 radical (unpaired) electrons. The molecule has 0 aliphatic carbocycles. The molecule has 0 spiro atoms. The van der Waals surface area contributed by atoms with Crippen LogP contribution in [0, 0.1) is 0 Å². The maximum absolute atomic E-state index is 9.93. The van der Waals surface area contributed by atoms with Crippen LogP contribution in [0.4, 0.5) is 5.82 Å². The summed E-state index contributed by atoms with van der Waals surface area (Å²) in [7, 11) is 0. The van der Waals surface area contributed by atoms with Crippen molar-refractivity contribution in [2.45, 2.75) is 24.9 Å². The van der Waals surface area contributed by atoms with Crippen LogP contribution < -0.4 is 5.73 Å². The van der Waals surface area contributed by atoms with Crippen LogP contribution in [0.15, 0.2) is 110 Å². The van der Waals surface area contributed by atoms with E-state index in [1.165, 1.54) is 12.7 Å². The molecule has 0 saturated carbocycles. The van der Waals surface area contributed by atoms with Gasteiger partial charge in [0.25, 0.3) is 0 Å². The first-order valence-electron chi connectivity index (χ1n) is 13.2. The number of imidazole rings is 1. The van der Waals surface area contributed by atoms with E-state index >= 15 is 0 Å². The van der Waals surface area contributed by atoms with Gasteiger partial charge >= 0.3 is 19.5 Å². The van der Waals surface area contributed by atoms with E-state index < -0.39 is 12.3 Å².